The minimum Gasteiger partial charge on any atom is -0.481 e. The predicted octanol–water partition coefficient (Wildman–Crippen LogP) is 2.59. The Kier molecular flexibility index (Phi) is 7.91. The number of hydrogen-bond donors (Lipinski definition) is 2. The van der Waals surface area contributed by atoms with Crippen molar-refractivity contribution in [2.45, 2.75) is 51.6 Å². The molecule has 1 heterocycles. The van der Waals surface area contributed by atoms with Gasteiger partial charge in [-0.15, -0.1) is 0 Å². The molecule has 2 amide bonds. The summed E-state index contributed by atoms with van der Waals surface area (Å²) in [5.41, 5.74) is 1.10. The van der Waals surface area contributed by atoms with Crippen LogP contribution in [-0.4, -0.2) is 65.2 Å². The molecule has 2 N–H and O–H groups in total. The zero-order valence-electron chi connectivity index (χ0n) is 15.9. The van der Waals surface area contributed by atoms with Crippen LogP contribution in [0.15, 0.2) is 30.3 Å². The highest BCUT2D eigenvalue weighted by molar-refractivity contribution is 5.75. The summed E-state index contributed by atoms with van der Waals surface area (Å²) in [5, 5.41) is 12.1. The van der Waals surface area contributed by atoms with Crippen LogP contribution in [0.25, 0.3) is 0 Å². The van der Waals surface area contributed by atoms with E-state index in [4.69, 9.17) is 5.11 Å². The van der Waals surface area contributed by atoms with Crippen molar-refractivity contribution < 1.29 is 14.7 Å². The van der Waals surface area contributed by atoms with E-state index in [1.165, 1.54) is 0 Å². The van der Waals surface area contributed by atoms with Gasteiger partial charge in [0.2, 0.25) is 0 Å². The molecule has 0 bridgehead atoms. The molecule has 1 saturated heterocycles. The van der Waals surface area contributed by atoms with Crippen LogP contribution < -0.4 is 5.32 Å². The summed E-state index contributed by atoms with van der Waals surface area (Å²) in [6, 6.07) is 10.0. The van der Waals surface area contributed by atoms with Crippen molar-refractivity contribution in [3.8, 4) is 0 Å². The number of carbonyl (C=O) groups is 2. The van der Waals surface area contributed by atoms with Crippen molar-refractivity contribution in [2.75, 3.05) is 26.2 Å². The standard InChI is InChI=1S/C20H31N3O3/c1-3-22(4-2)18-12-13-23(15-18)20(26)21-17(10-11-19(24)25)14-16-8-6-5-7-9-16/h5-9,17-18H,3-4,10-15H2,1-2H3,(H,21,26)(H,24,25). The minimum atomic E-state index is -0.833. The first-order chi connectivity index (χ1) is 12.5. The maximum absolute atomic E-state index is 12.7. The number of rotatable bonds is 9. The maximum atomic E-state index is 12.7. The summed E-state index contributed by atoms with van der Waals surface area (Å²) in [4.78, 5) is 27.9. The molecule has 2 unspecified atom stereocenters. The molecule has 0 spiro atoms. The Labute approximate surface area is 156 Å². The van der Waals surface area contributed by atoms with Crippen molar-refractivity contribution in [1.82, 2.24) is 15.1 Å². The average molecular weight is 361 g/mol. The Hall–Kier alpha value is -2.08. The van der Waals surface area contributed by atoms with E-state index in [0.717, 1.165) is 38.2 Å². The molecule has 2 rings (SSSR count). The number of likely N-dealkylation sites (N-methyl/N-ethyl adjacent to an activating group) is 1. The fourth-order valence-corrected chi connectivity index (χ4v) is 3.65. The quantitative estimate of drug-likeness (QED) is 0.709. The highest BCUT2D eigenvalue weighted by atomic mass is 16.4. The maximum Gasteiger partial charge on any atom is 0.317 e. The number of carboxylic acids is 1. The highest BCUT2D eigenvalue weighted by Gasteiger charge is 2.30. The SMILES string of the molecule is CCN(CC)C1CCN(C(=O)NC(CCC(=O)O)Cc2ccccc2)C1. The van der Waals surface area contributed by atoms with Gasteiger partial charge in [-0.25, -0.2) is 4.79 Å². The number of amides is 2. The molecule has 1 aliphatic heterocycles. The summed E-state index contributed by atoms with van der Waals surface area (Å²) >= 11 is 0. The summed E-state index contributed by atoms with van der Waals surface area (Å²) in [7, 11) is 0. The van der Waals surface area contributed by atoms with Gasteiger partial charge in [0, 0.05) is 31.6 Å². The second kappa shape index (κ2) is 10.2. The second-order valence-electron chi connectivity index (χ2n) is 6.88. The van der Waals surface area contributed by atoms with E-state index in [-0.39, 0.29) is 18.5 Å². The van der Waals surface area contributed by atoms with Crippen LogP contribution in [0.2, 0.25) is 0 Å². The van der Waals surface area contributed by atoms with E-state index in [1.807, 2.05) is 35.2 Å². The summed E-state index contributed by atoms with van der Waals surface area (Å²) in [6.07, 6.45) is 2.13. The molecule has 1 aromatic rings. The van der Waals surface area contributed by atoms with Crippen molar-refractivity contribution in [1.29, 1.82) is 0 Å². The molecule has 0 aliphatic carbocycles. The molecule has 2 atom stereocenters. The van der Waals surface area contributed by atoms with E-state index in [2.05, 4.69) is 24.1 Å². The normalized spacial score (nSPS) is 18.1. The van der Waals surface area contributed by atoms with Gasteiger partial charge in [0.15, 0.2) is 0 Å². The fourth-order valence-electron chi connectivity index (χ4n) is 3.65. The average Bonchev–Trinajstić information content (AvgIpc) is 3.11. The third-order valence-corrected chi connectivity index (χ3v) is 5.14. The van der Waals surface area contributed by atoms with Crippen LogP contribution in [-0.2, 0) is 11.2 Å². The predicted molar refractivity (Wildman–Crippen MR) is 102 cm³/mol. The Balaban J connectivity index is 1.93. The monoisotopic (exact) mass is 361 g/mol. The number of likely N-dealkylation sites (tertiary alicyclic amines) is 1. The number of carbonyl (C=O) groups excluding carboxylic acids is 1. The number of carboxylic acid groups (broad SMARTS) is 1. The molecule has 0 radical (unpaired) electrons. The van der Waals surface area contributed by atoms with Crippen molar-refractivity contribution in [3.05, 3.63) is 35.9 Å². The minimum absolute atomic E-state index is 0.0554. The lowest BCUT2D eigenvalue weighted by molar-refractivity contribution is -0.137. The lowest BCUT2D eigenvalue weighted by atomic mass is 10.0. The molecule has 1 fully saturated rings. The van der Waals surface area contributed by atoms with Crippen LogP contribution in [0.5, 0.6) is 0 Å². The molecular weight excluding hydrogens is 330 g/mol. The first-order valence-corrected chi connectivity index (χ1v) is 9.58. The third kappa shape index (κ3) is 6.02. The van der Waals surface area contributed by atoms with E-state index < -0.39 is 5.97 Å². The summed E-state index contributed by atoms with van der Waals surface area (Å²) in [6.45, 7) is 7.77. The Morgan fingerprint density at radius 3 is 2.58 bits per heavy atom. The largest absolute Gasteiger partial charge is 0.481 e. The first kappa shape index (κ1) is 20.2. The van der Waals surface area contributed by atoms with E-state index in [0.29, 0.717) is 18.9 Å². The van der Waals surface area contributed by atoms with Crippen LogP contribution in [0.4, 0.5) is 4.79 Å². The van der Waals surface area contributed by atoms with Crippen molar-refractivity contribution >= 4 is 12.0 Å². The van der Waals surface area contributed by atoms with Gasteiger partial charge < -0.3 is 15.3 Å². The lowest BCUT2D eigenvalue weighted by Crippen LogP contribution is -2.46. The molecule has 6 heteroatoms. The van der Waals surface area contributed by atoms with Crippen molar-refractivity contribution in [3.63, 3.8) is 0 Å². The highest BCUT2D eigenvalue weighted by Crippen LogP contribution is 2.16. The van der Waals surface area contributed by atoms with Gasteiger partial charge in [-0.3, -0.25) is 9.69 Å². The van der Waals surface area contributed by atoms with E-state index >= 15 is 0 Å². The van der Waals surface area contributed by atoms with Gasteiger partial charge in [0.25, 0.3) is 0 Å². The Morgan fingerprint density at radius 2 is 1.96 bits per heavy atom. The zero-order valence-corrected chi connectivity index (χ0v) is 15.9. The zero-order chi connectivity index (χ0) is 18.9. The molecule has 0 saturated carbocycles. The van der Waals surface area contributed by atoms with E-state index in [1.54, 1.807) is 0 Å². The van der Waals surface area contributed by atoms with Crippen LogP contribution in [0, 0.1) is 0 Å². The number of nitrogens with one attached hydrogen (secondary N) is 1. The lowest BCUT2D eigenvalue weighted by Gasteiger charge is -2.27. The number of nitrogens with zero attached hydrogens (tertiary/aromatic N) is 2. The van der Waals surface area contributed by atoms with E-state index in [9.17, 15) is 9.59 Å². The molecule has 1 aromatic carbocycles. The number of urea groups is 1. The second-order valence-corrected chi connectivity index (χ2v) is 6.88. The van der Waals surface area contributed by atoms with Crippen LogP contribution >= 0.6 is 0 Å². The molecule has 1 aliphatic rings. The van der Waals surface area contributed by atoms with Crippen molar-refractivity contribution in [2.24, 2.45) is 0 Å². The van der Waals surface area contributed by atoms with Crippen LogP contribution in [0.3, 0.4) is 0 Å². The van der Waals surface area contributed by atoms with Gasteiger partial charge >= 0.3 is 12.0 Å². The summed E-state index contributed by atoms with van der Waals surface area (Å²) in [5.74, 6) is -0.833. The first-order valence-electron chi connectivity index (χ1n) is 9.58. The molecular formula is C20H31N3O3. The van der Waals surface area contributed by atoms with Crippen LogP contribution in [0.1, 0.15) is 38.7 Å². The molecule has 26 heavy (non-hydrogen) atoms. The number of hydrogen-bond acceptors (Lipinski definition) is 3. The smallest absolute Gasteiger partial charge is 0.317 e. The van der Waals surface area contributed by atoms with Gasteiger partial charge in [-0.1, -0.05) is 44.2 Å². The summed E-state index contributed by atoms with van der Waals surface area (Å²) < 4.78 is 0. The van der Waals surface area contributed by atoms with Gasteiger partial charge in [-0.05, 0) is 37.9 Å². The third-order valence-electron chi connectivity index (χ3n) is 5.14. The molecule has 0 aromatic heterocycles. The number of aliphatic carboxylic acids is 1. The molecule has 144 valence electrons. The Bertz CT molecular complexity index is 575. The Morgan fingerprint density at radius 1 is 1.27 bits per heavy atom. The van der Waals surface area contributed by atoms with Gasteiger partial charge in [0.1, 0.15) is 0 Å². The van der Waals surface area contributed by atoms with Gasteiger partial charge in [0.05, 0.1) is 0 Å². The fraction of sp³-hybridized carbons (Fsp3) is 0.600. The molecule has 6 nitrogen and oxygen atoms in total. The van der Waals surface area contributed by atoms with Gasteiger partial charge in [-0.2, -0.15) is 0 Å². The topological polar surface area (TPSA) is 72.9 Å². The number of benzene rings is 1.